The highest BCUT2D eigenvalue weighted by molar-refractivity contribution is 6.27. The molecule has 2 N–H and O–H groups in total. The third kappa shape index (κ3) is 3.62. The van der Waals surface area contributed by atoms with E-state index in [9.17, 15) is 0 Å². The number of carbonyl (C=O) groups is 2. The fraction of sp³-hybridized carbons (Fsp3) is 0.529. The van der Waals surface area contributed by atoms with Crippen LogP contribution in [0.5, 0.6) is 11.5 Å². The zero-order chi connectivity index (χ0) is 17.1. The third-order valence-corrected chi connectivity index (χ3v) is 4.83. The van der Waals surface area contributed by atoms with Gasteiger partial charge in [-0.25, -0.2) is 9.59 Å². The number of benzene rings is 1. The Hall–Kier alpha value is -2.28. The van der Waals surface area contributed by atoms with Gasteiger partial charge < -0.3 is 24.6 Å². The van der Waals surface area contributed by atoms with Crippen molar-refractivity contribution >= 4 is 11.9 Å². The van der Waals surface area contributed by atoms with Gasteiger partial charge in [0.1, 0.15) is 13.2 Å². The molecule has 4 heterocycles. The summed E-state index contributed by atoms with van der Waals surface area (Å²) in [6.45, 7) is 5.17. The van der Waals surface area contributed by atoms with Crippen molar-refractivity contribution in [1.82, 2.24) is 4.90 Å². The van der Waals surface area contributed by atoms with E-state index in [1.165, 1.54) is 38.0 Å². The number of fused-ring (bicyclic) bond motifs is 4. The quantitative estimate of drug-likeness (QED) is 0.749. The Kier molecular flexibility index (Phi) is 4.89. The predicted octanol–water partition coefficient (Wildman–Crippen LogP) is 1.42. The van der Waals surface area contributed by atoms with Gasteiger partial charge in [-0.05, 0) is 55.5 Å². The zero-order valence-electron chi connectivity index (χ0n) is 13.3. The molecule has 4 aliphatic heterocycles. The first-order chi connectivity index (χ1) is 11.5. The summed E-state index contributed by atoms with van der Waals surface area (Å²) in [5, 5.41) is 14.8. The highest BCUT2D eigenvalue weighted by atomic mass is 16.6. The molecule has 0 spiro atoms. The van der Waals surface area contributed by atoms with E-state index >= 15 is 0 Å². The van der Waals surface area contributed by atoms with Gasteiger partial charge in [0, 0.05) is 6.54 Å². The van der Waals surface area contributed by atoms with E-state index in [2.05, 4.69) is 23.1 Å². The predicted molar refractivity (Wildman–Crippen MR) is 84.6 cm³/mol. The molecule has 0 amide bonds. The highest BCUT2D eigenvalue weighted by Crippen LogP contribution is 2.41. The molecule has 0 aromatic heterocycles. The van der Waals surface area contributed by atoms with Crippen LogP contribution in [-0.4, -0.2) is 59.9 Å². The van der Waals surface area contributed by atoms with Crippen molar-refractivity contribution < 1.29 is 29.3 Å². The third-order valence-electron chi connectivity index (χ3n) is 4.83. The van der Waals surface area contributed by atoms with Gasteiger partial charge in [-0.1, -0.05) is 6.07 Å². The summed E-state index contributed by atoms with van der Waals surface area (Å²) in [4.78, 5) is 20.8. The molecular weight excluding hydrogens is 314 g/mol. The number of ether oxygens (including phenoxy) is 2. The standard InChI is InChI=1S/C15H19NO2.C2H2O4/c1-2-14-15(18-8-7-17-14)9-12(1)13-10-16-5-3-11(13)4-6-16;3-1(4)2(5)6/h1-2,9,11,13H,3-8,10H2;(H,3,4)(H,5,6). The molecule has 7 heteroatoms. The molecule has 3 saturated heterocycles. The van der Waals surface area contributed by atoms with Crippen LogP contribution in [0.2, 0.25) is 0 Å². The van der Waals surface area contributed by atoms with Crippen molar-refractivity contribution in [2.45, 2.75) is 18.8 Å². The molecule has 4 aliphatic rings. The van der Waals surface area contributed by atoms with Crippen LogP contribution in [0.25, 0.3) is 0 Å². The number of hydrogen-bond donors (Lipinski definition) is 2. The molecule has 0 aliphatic carbocycles. The summed E-state index contributed by atoms with van der Waals surface area (Å²) in [5.74, 6) is -0.229. The number of rotatable bonds is 1. The molecule has 1 atom stereocenters. The number of aliphatic carboxylic acids is 2. The summed E-state index contributed by atoms with van der Waals surface area (Å²) in [7, 11) is 0. The maximum absolute atomic E-state index is 9.10. The smallest absolute Gasteiger partial charge is 0.414 e. The second-order valence-corrected chi connectivity index (χ2v) is 6.26. The van der Waals surface area contributed by atoms with E-state index < -0.39 is 11.9 Å². The normalized spacial score (nSPS) is 26.9. The van der Waals surface area contributed by atoms with Crippen LogP contribution in [0.15, 0.2) is 18.2 Å². The minimum Gasteiger partial charge on any atom is -0.486 e. The second-order valence-electron chi connectivity index (χ2n) is 6.26. The van der Waals surface area contributed by atoms with E-state index in [-0.39, 0.29) is 0 Å². The van der Waals surface area contributed by atoms with Gasteiger partial charge in [-0.2, -0.15) is 0 Å². The first-order valence-corrected chi connectivity index (χ1v) is 8.12. The number of nitrogens with zero attached hydrogens (tertiary/aromatic N) is 1. The fourth-order valence-electron chi connectivity index (χ4n) is 3.63. The Morgan fingerprint density at radius 3 is 2.17 bits per heavy atom. The van der Waals surface area contributed by atoms with Crippen molar-refractivity contribution in [2.24, 2.45) is 5.92 Å². The van der Waals surface area contributed by atoms with Crippen LogP contribution in [0.4, 0.5) is 0 Å². The maximum Gasteiger partial charge on any atom is 0.414 e. The van der Waals surface area contributed by atoms with Gasteiger partial charge in [0.2, 0.25) is 0 Å². The van der Waals surface area contributed by atoms with Crippen molar-refractivity contribution in [1.29, 1.82) is 0 Å². The van der Waals surface area contributed by atoms with Crippen LogP contribution >= 0.6 is 0 Å². The maximum atomic E-state index is 9.10. The minimum atomic E-state index is -1.82. The highest BCUT2D eigenvalue weighted by Gasteiger charge is 2.35. The average Bonchev–Trinajstić information content (AvgIpc) is 2.62. The van der Waals surface area contributed by atoms with Gasteiger partial charge in [0.05, 0.1) is 0 Å². The molecule has 2 bridgehead atoms. The number of carboxylic acids is 2. The average molecular weight is 335 g/mol. The Morgan fingerprint density at radius 1 is 1.00 bits per heavy atom. The Morgan fingerprint density at radius 2 is 1.62 bits per heavy atom. The second kappa shape index (κ2) is 7.09. The molecule has 1 unspecified atom stereocenters. The van der Waals surface area contributed by atoms with E-state index in [0.29, 0.717) is 19.1 Å². The van der Waals surface area contributed by atoms with Gasteiger partial charge in [0.15, 0.2) is 11.5 Å². The van der Waals surface area contributed by atoms with Gasteiger partial charge in [-0.15, -0.1) is 0 Å². The summed E-state index contributed by atoms with van der Waals surface area (Å²) in [6, 6.07) is 6.53. The zero-order valence-corrected chi connectivity index (χ0v) is 13.3. The van der Waals surface area contributed by atoms with Crippen molar-refractivity contribution in [2.75, 3.05) is 32.8 Å². The molecule has 3 fully saturated rings. The SMILES string of the molecule is O=C(O)C(=O)O.c1cc2c(cc1C1CN3CCC1CC3)OCCO2. The van der Waals surface area contributed by atoms with E-state index in [4.69, 9.17) is 29.3 Å². The van der Waals surface area contributed by atoms with Gasteiger partial charge in [-0.3, -0.25) is 0 Å². The van der Waals surface area contributed by atoms with E-state index in [1.54, 1.807) is 0 Å². The topological polar surface area (TPSA) is 96.3 Å². The van der Waals surface area contributed by atoms with E-state index in [0.717, 1.165) is 17.4 Å². The molecule has 0 saturated carbocycles. The van der Waals surface area contributed by atoms with Gasteiger partial charge in [0.25, 0.3) is 0 Å². The minimum absolute atomic E-state index is 0.673. The number of piperidine rings is 3. The number of hydrogen-bond acceptors (Lipinski definition) is 5. The summed E-state index contributed by atoms with van der Waals surface area (Å²) in [6.07, 6.45) is 2.72. The van der Waals surface area contributed by atoms with Crippen molar-refractivity contribution in [3.63, 3.8) is 0 Å². The molecule has 5 rings (SSSR count). The Balaban J connectivity index is 0.000000246. The summed E-state index contributed by atoms with van der Waals surface area (Å²) < 4.78 is 11.3. The Labute approximate surface area is 139 Å². The lowest BCUT2D eigenvalue weighted by Crippen LogP contribution is -2.46. The van der Waals surface area contributed by atoms with Crippen LogP contribution < -0.4 is 9.47 Å². The molecule has 1 aromatic carbocycles. The molecular formula is C17H21NO6. The first-order valence-electron chi connectivity index (χ1n) is 8.12. The largest absolute Gasteiger partial charge is 0.486 e. The van der Waals surface area contributed by atoms with Crippen LogP contribution in [-0.2, 0) is 9.59 Å². The molecule has 130 valence electrons. The molecule has 0 radical (unpaired) electrons. The summed E-state index contributed by atoms with van der Waals surface area (Å²) in [5.41, 5.74) is 1.44. The van der Waals surface area contributed by atoms with Crippen LogP contribution in [0.3, 0.4) is 0 Å². The lowest BCUT2D eigenvalue weighted by Gasteiger charge is -2.45. The first kappa shape index (κ1) is 16.6. The fourth-order valence-corrected chi connectivity index (χ4v) is 3.63. The Bertz CT molecular complexity index is 612. The lowest BCUT2D eigenvalue weighted by atomic mass is 9.75. The monoisotopic (exact) mass is 335 g/mol. The molecule has 24 heavy (non-hydrogen) atoms. The van der Waals surface area contributed by atoms with E-state index in [1.807, 2.05) is 0 Å². The summed E-state index contributed by atoms with van der Waals surface area (Å²) >= 11 is 0. The number of carboxylic acid groups (broad SMARTS) is 2. The molecule has 7 nitrogen and oxygen atoms in total. The van der Waals surface area contributed by atoms with Crippen LogP contribution in [0, 0.1) is 5.92 Å². The van der Waals surface area contributed by atoms with Gasteiger partial charge >= 0.3 is 11.9 Å². The van der Waals surface area contributed by atoms with Crippen LogP contribution in [0.1, 0.15) is 24.3 Å². The molecule has 1 aromatic rings. The van der Waals surface area contributed by atoms with Crippen molar-refractivity contribution in [3.05, 3.63) is 23.8 Å². The van der Waals surface area contributed by atoms with Crippen molar-refractivity contribution in [3.8, 4) is 11.5 Å². The lowest BCUT2D eigenvalue weighted by molar-refractivity contribution is -0.159.